The molecule has 732 valence electrons. The van der Waals surface area contributed by atoms with E-state index in [4.69, 9.17) is 34.2 Å². The predicted octanol–water partition coefficient (Wildman–Crippen LogP) is 12.2. The van der Waals surface area contributed by atoms with Crippen molar-refractivity contribution in [3.05, 3.63) is 202 Å². The molecule has 3 aliphatic rings. The highest BCUT2D eigenvalue weighted by molar-refractivity contribution is 7.09. The molecule has 2 heterocycles. The van der Waals surface area contributed by atoms with Crippen LogP contribution in [0.25, 0.3) is 22.3 Å². The number of nitrogens with zero attached hydrogens (tertiary/aromatic N) is 3. The summed E-state index contributed by atoms with van der Waals surface area (Å²) in [7, 11) is 4.66. The molecule has 13 amide bonds. The van der Waals surface area contributed by atoms with Crippen LogP contribution in [0.5, 0.6) is 0 Å². The zero-order chi connectivity index (χ0) is 98.7. The van der Waals surface area contributed by atoms with Gasteiger partial charge in [-0.05, 0) is 172 Å². The van der Waals surface area contributed by atoms with Crippen LogP contribution in [0.4, 0.5) is 24.9 Å². The van der Waals surface area contributed by atoms with Crippen molar-refractivity contribution >= 4 is 94.6 Å². The summed E-state index contributed by atoms with van der Waals surface area (Å²) in [5.41, 5.74) is 12.4. The number of benzene rings is 6. The first-order valence-corrected chi connectivity index (χ1v) is 47.6. The van der Waals surface area contributed by atoms with E-state index in [1.54, 1.807) is 92.8 Å². The SMILES string of the molecule is CC[C@H](C)[C@@H]([C@@H](CC(=O)N1CCC[C@H]1[C@H](OC)[C@@H](C)C(=O)N[C@@H](Cc1ccccc1)c1nccs1)OC)N(C)C(=O)[C@@H](NC(=O)C(C)(C)NC(=O)OCc1ccc(NC(=O)[C@H](CCCNC(N)=O)NC(=O)[C@@H](NC(=O)[C@H](CCCCNC(=O)OCC2c3ccccc3-c3ccccc32)NC(=O)[C@H](CC(=O)OC(C)(C)C)NC(=O)OCC2c3ccccc3-c3ccccc32)C(C)C)cc1)C(C)C. The van der Waals surface area contributed by atoms with Crippen LogP contribution in [0.2, 0.25) is 0 Å². The van der Waals surface area contributed by atoms with Gasteiger partial charge in [-0.2, -0.15) is 0 Å². The average Bonchev–Trinajstić information content (AvgIpc) is 1.61. The Kier molecular flexibility index (Phi) is 38.4. The summed E-state index contributed by atoms with van der Waals surface area (Å²) in [6.45, 7) is 20.5. The number of hydrogen-bond acceptors (Lipinski definition) is 21. The number of hydrogen-bond donors (Lipinski definition) is 11. The van der Waals surface area contributed by atoms with Gasteiger partial charge in [0.15, 0.2) is 0 Å². The molecule has 12 atom stereocenters. The van der Waals surface area contributed by atoms with Gasteiger partial charge in [-0.25, -0.2) is 24.2 Å². The van der Waals surface area contributed by atoms with Gasteiger partial charge in [-0.3, -0.25) is 43.2 Å². The number of urea groups is 1. The maximum atomic E-state index is 15.0. The third-order valence-electron chi connectivity index (χ3n) is 25.2. The minimum absolute atomic E-state index is 0.00407. The van der Waals surface area contributed by atoms with Crippen LogP contribution < -0.4 is 58.9 Å². The number of carbonyl (C=O) groups is 13. The molecule has 12 N–H and O–H groups in total. The smallest absolute Gasteiger partial charge is 0.408 e. The van der Waals surface area contributed by atoms with Gasteiger partial charge in [0.05, 0.1) is 49.1 Å². The summed E-state index contributed by atoms with van der Waals surface area (Å²) >= 11 is 1.46. The van der Waals surface area contributed by atoms with E-state index in [9.17, 15) is 62.3 Å². The van der Waals surface area contributed by atoms with Gasteiger partial charge in [0.25, 0.3) is 0 Å². The van der Waals surface area contributed by atoms with Crippen LogP contribution in [0, 0.1) is 23.7 Å². The second kappa shape index (κ2) is 49.6. The lowest BCUT2D eigenvalue weighted by Gasteiger charge is -2.41. The van der Waals surface area contributed by atoms with Crippen molar-refractivity contribution in [2.24, 2.45) is 29.4 Å². The number of nitrogens with one attached hydrogen (secondary N) is 10. The fourth-order valence-corrected chi connectivity index (χ4v) is 18.5. The summed E-state index contributed by atoms with van der Waals surface area (Å²) in [4.78, 5) is 191. The number of anilines is 1. The third kappa shape index (κ3) is 28.9. The van der Waals surface area contributed by atoms with Gasteiger partial charge >= 0.3 is 30.3 Å². The first-order chi connectivity index (χ1) is 64.9. The summed E-state index contributed by atoms with van der Waals surface area (Å²) in [6, 6.07) is 38.0. The number of alkyl carbamates (subject to hydrolysis) is 3. The largest absolute Gasteiger partial charge is 0.460 e. The Morgan fingerprint density at radius 3 is 1.64 bits per heavy atom. The lowest BCUT2D eigenvalue weighted by Crippen LogP contribution is -2.62. The molecule has 7 aromatic rings. The van der Waals surface area contributed by atoms with E-state index in [0.29, 0.717) is 37.8 Å². The van der Waals surface area contributed by atoms with E-state index in [2.05, 4.69) is 58.2 Å². The Labute approximate surface area is 800 Å². The monoisotopic (exact) mass is 1890 g/mol. The van der Waals surface area contributed by atoms with E-state index in [1.807, 2.05) is 147 Å². The molecule has 34 heteroatoms. The van der Waals surface area contributed by atoms with Crippen LogP contribution in [0.1, 0.15) is 204 Å². The third-order valence-corrected chi connectivity index (χ3v) is 26.0. The first kappa shape index (κ1) is 105. The Morgan fingerprint density at radius 1 is 0.551 bits per heavy atom. The number of carbonyl (C=O) groups excluding carboxylic acids is 13. The van der Waals surface area contributed by atoms with Crippen molar-refractivity contribution < 1.29 is 90.8 Å². The van der Waals surface area contributed by atoms with Gasteiger partial charge in [0, 0.05) is 70.0 Å². The number of rotatable bonds is 47. The number of likely N-dealkylation sites (N-methyl/N-ethyl adjacent to an activating group) is 1. The van der Waals surface area contributed by atoms with E-state index in [1.165, 1.54) is 49.3 Å². The minimum Gasteiger partial charge on any atom is -0.460 e. The fraction of sp³-hybridized carbons (Fsp3) is 0.490. The fourth-order valence-electron chi connectivity index (χ4n) is 17.8. The van der Waals surface area contributed by atoms with Crippen LogP contribution in [-0.4, -0.2) is 212 Å². The molecule has 1 aromatic heterocycles. The summed E-state index contributed by atoms with van der Waals surface area (Å²) < 4.78 is 35.1. The highest BCUT2D eigenvalue weighted by Crippen LogP contribution is 2.46. The van der Waals surface area contributed by atoms with E-state index < -0.39 is 162 Å². The molecule has 10 rings (SSSR count). The van der Waals surface area contributed by atoms with Crippen LogP contribution in [0.15, 0.2) is 163 Å². The molecule has 6 aromatic carbocycles. The van der Waals surface area contributed by atoms with Crippen molar-refractivity contribution in [1.82, 2.24) is 62.6 Å². The lowest BCUT2D eigenvalue weighted by atomic mass is 9.89. The van der Waals surface area contributed by atoms with Crippen LogP contribution in [-0.2, 0) is 84.6 Å². The maximum Gasteiger partial charge on any atom is 0.408 e. The number of esters is 1. The van der Waals surface area contributed by atoms with Gasteiger partial charge in [-0.15, -0.1) is 11.3 Å². The number of thiazole rings is 1. The molecular weight excluding hydrogens is 1760 g/mol. The van der Waals surface area contributed by atoms with Crippen molar-refractivity contribution in [2.45, 2.75) is 244 Å². The number of aromatic nitrogens is 1. The lowest BCUT2D eigenvalue weighted by molar-refractivity contribution is -0.156. The zero-order valence-electron chi connectivity index (χ0n) is 80.4. The molecule has 1 aliphatic heterocycles. The van der Waals surface area contributed by atoms with Crippen molar-refractivity contribution in [2.75, 3.05) is 59.4 Å². The number of primary amides is 1. The summed E-state index contributed by atoms with van der Waals surface area (Å²) in [5, 5.41) is 30.2. The number of amides is 13. The molecular formula is C102H134N14O19S. The number of likely N-dealkylation sites (tertiary alicyclic amines) is 1. The zero-order valence-corrected chi connectivity index (χ0v) is 81.2. The standard InChI is InChI=1S/C102H134N14O19S/c1-16-62(6)87(82(130-14)56-83(117)116-52-31-44-81(116)88(131-15)63(7)89(119)110-80(94-104-51-53-136-94)54-64-32-18-17-19-33-64)115(13)95(124)86(61(4)5)113-96(125)102(11,12)114-100(129)132-57-65-45-47-66(48-46-65)107-90(120)78(43-30-50-105-97(103)126)109-93(123)85(60(2)3)112-91(121)77(42-28-29-49-106-98(127)133-58-75-71-38-24-20-34-67(71)68-35-21-25-39-72(68)75)108-92(122)79(55-84(118)135-101(8,9)10)111-99(128)134-59-76-73-40-26-22-36-69(73)70-37-23-27-41-74(70)76/h17-27,32-41,45-48,51,53,60-63,75-82,85-88H,16,28-31,42-44,49-50,52,54-59H2,1-15H3,(H,106,127)(H,107,120)(H,108,122)(H,109,123)(H,110,119)(H,111,128)(H,112,121)(H,113,125)(H,114,129)(H3,103,105,126)/t62-,63+,77-,78-,79-,80-,81-,82+,85-,86-,87-,88+/m0/s1. The highest BCUT2D eigenvalue weighted by Gasteiger charge is 2.46. The van der Waals surface area contributed by atoms with E-state index >= 15 is 0 Å². The molecule has 0 unspecified atom stereocenters. The van der Waals surface area contributed by atoms with Crippen molar-refractivity contribution in [1.29, 1.82) is 0 Å². The second-order valence-electron chi connectivity index (χ2n) is 37.3. The number of nitrogens with two attached hydrogens (primary N) is 1. The van der Waals surface area contributed by atoms with Gasteiger partial charge in [-0.1, -0.05) is 194 Å². The van der Waals surface area contributed by atoms with Crippen LogP contribution >= 0.6 is 11.3 Å². The predicted molar refractivity (Wildman–Crippen MR) is 515 cm³/mol. The molecule has 0 bridgehead atoms. The molecule has 1 fully saturated rings. The first-order valence-electron chi connectivity index (χ1n) is 46.8. The van der Waals surface area contributed by atoms with Gasteiger partial charge < -0.3 is 97.1 Å². The quantitative estimate of drug-likeness (QED) is 0.00958. The number of ether oxygens (including phenoxy) is 6. The normalized spacial score (nSPS) is 15.8. The number of unbranched alkanes of at least 4 members (excludes halogenated alkanes) is 1. The van der Waals surface area contributed by atoms with Gasteiger partial charge in [0.2, 0.25) is 47.3 Å². The highest BCUT2D eigenvalue weighted by atomic mass is 32.1. The molecule has 0 spiro atoms. The Morgan fingerprint density at radius 2 is 1.10 bits per heavy atom. The molecule has 136 heavy (non-hydrogen) atoms. The Hall–Kier alpha value is -12.8. The van der Waals surface area contributed by atoms with E-state index in [0.717, 1.165) is 55.1 Å². The van der Waals surface area contributed by atoms with E-state index in [-0.39, 0.29) is 107 Å². The second-order valence-corrected chi connectivity index (χ2v) is 38.2. The molecule has 0 saturated carbocycles. The molecule has 1 saturated heterocycles. The van der Waals surface area contributed by atoms with Crippen molar-refractivity contribution in [3.63, 3.8) is 0 Å². The summed E-state index contributed by atoms with van der Waals surface area (Å²) in [5.74, 6) is -8.46. The molecule has 2 aliphatic carbocycles. The number of fused-ring (bicyclic) bond motifs is 6. The molecule has 0 radical (unpaired) electrons. The summed E-state index contributed by atoms with van der Waals surface area (Å²) in [6.07, 6.45) is -0.496. The van der Waals surface area contributed by atoms with Gasteiger partial charge in [0.1, 0.15) is 66.2 Å². The Balaban J connectivity index is 0.752. The van der Waals surface area contributed by atoms with Crippen molar-refractivity contribution in [3.8, 4) is 22.3 Å². The molecule has 33 nitrogen and oxygen atoms in total. The minimum atomic E-state index is -1.67. The Bertz CT molecular complexity index is 5170. The topological polar surface area (TPSA) is 443 Å². The van der Waals surface area contributed by atoms with Crippen LogP contribution in [0.3, 0.4) is 0 Å². The number of methoxy groups -OCH3 is 2. The maximum absolute atomic E-state index is 15.0. The average molecular weight is 1890 g/mol.